The van der Waals surface area contributed by atoms with Gasteiger partial charge in [0, 0.05) is 13.1 Å². The lowest BCUT2D eigenvalue weighted by molar-refractivity contribution is -0.137. The zero-order chi connectivity index (χ0) is 17.3. The molecule has 0 radical (unpaired) electrons. The summed E-state index contributed by atoms with van der Waals surface area (Å²) in [7, 11) is 0. The van der Waals surface area contributed by atoms with Crippen molar-refractivity contribution in [1.82, 2.24) is 15.0 Å². The number of carbonyl (C=O) groups is 1. The molecule has 5 nitrogen and oxygen atoms in total. The van der Waals surface area contributed by atoms with Gasteiger partial charge in [0.15, 0.2) is 5.82 Å². The van der Waals surface area contributed by atoms with Crippen LogP contribution in [-0.2, 0) is 10.2 Å². The third-order valence-corrected chi connectivity index (χ3v) is 5.81. The molecular formula is C20H25N3O2. The van der Waals surface area contributed by atoms with Crippen molar-refractivity contribution < 1.29 is 9.32 Å². The number of likely N-dealkylation sites (tertiary alicyclic amines) is 1. The molecule has 0 spiro atoms. The zero-order valence-corrected chi connectivity index (χ0v) is 14.8. The summed E-state index contributed by atoms with van der Waals surface area (Å²) in [5.41, 5.74) is 0.830. The predicted octanol–water partition coefficient (Wildman–Crippen LogP) is 3.60. The highest BCUT2D eigenvalue weighted by Crippen LogP contribution is 2.42. The molecule has 1 unspecified atom stereocenters. The minimum atomic E-state index is -0.348. The SMILES string of the molecule is Cc1noc(C2CCN(C(=O)C3(c4ccccc4)CCCCC3)C2)n1. The third kappa shape index (κ3) is 2.96. The van der Waals surface area contributed by atoms with Crippen LogP contribution in [0.25, 0.3) is 0 Å². The number of carbonyl (C=O) groups excluding carboxylic acids is 1. The van der Waals surface area contributed by atoms with Crippen LogP contribution in [-0.4, -0.2) is 34.0 Å². The van der Waals surface area contributed by atoms with Crippen molar-refractivity contribution >= 4 is 5.91 Å². The molecule has 1 amide bonds. The highest BCUT2D eigenvalue weighted by Gasteiger charge is 2.45. The van der Waals surface area contributed by atoms with Gasteiger partial charge in [0.25, 0.3) is 0 Å². The fourth-order valence-electron chi connectivity index (χ4n) is 4.47. The maximum absolute atomic E-state index is 13.6. The third-order valence-electron chi connectivity index (χ3n) is 5.81. The summed E-state index contributed by atoms with van der Waals surface area (Å²) >= 11 is 0. The maximum Gasteiger partial charge on any atom is 0.233 e. The lowest BCUT2D eigenvalue weighted by Crippen LogP contribution is -2.47. The number of aromatic nitrogens is 2. The van der Waals surface area contributed by atoms with E-state index in [9.17, 15) is 4.79 Å². The molecule has 4 rings (SSSR count). The number of amides is 1. The molecule has 1 saturated heterocycles. The van der Waals surface area contributed by atoms with Crippen molar-refractivity contribution in [2.24, 2.45) is 0 Å². The number of rotatable bonds is 3. The van der Waals surface area contributed by atoms with Gasteiger partial charge in [-0.25, -0.2) is 0 Å². The van der Waals surface area contributed by atoms with Crippen molar-refractivity contribution in [2.75, 3.05) is 13.1 Å². The molecule has 2 fully saturated rings. The van der Waals surface area contributed by atoms with E-state index in [1.54, 1.807) is 0 Å². The molecule has 25 heavy (non-hydrogen) atoms. The standard InChI is InChI=1S/C20H25N3O2/c1-15-21-18(25-22-15)16-10-13-23(14-16)19(24)20(11-6-3-7-12-20)17-8-4-2-5-9-17/h2,4-5,8-9,16H,3,6-7,10-14H2,1H3. The Morgan fingerprint density at radius 2 is 1.96 bits per heavy atom. The normalized spacial score (nSPS) is 22.9. The Hall–Kier alpha value is -2.17. The number of nitrogens with zero attached hydrogens (tertiary/aromatic N) is 3. The number of hydrogen-bond donors (Lipinski definition) is 0. The minimum absolute atomic E-state index is 0.168. The first kappa shape index (κ1) is 16.3. The van der Waals surface area contributed by atoms with Crippen LogP contribution in [0.4, 0.5) is 0 Å². The van der Waals surface area contributed by atoms with Crippen molar-refractivity contribution in [3.8, 4) is 0 Å². The molecule has 1 atom stereocenters. The Balaban J connectivity index is 1.57. The molecule has 2 aliphatic rings. The number of hydrogen-bond acceptors (Lipinski definition) is 4. The lowest BCUT2D eigenvalue weighted by Gasteiger charge is -2.39. The van der Waals surface area contributed by atoms with E-state index in [-0.39, 0.29) is 17.2 Å². The molecule has 1 aromatic carbocycles. The number of benzene rings is 1. The highest BCUT2D eigenvalue weighted by atomic mass is 16.5. The first-order valence-corrected chi connectivity index (χ1v) is 9.34. The van der Waals surface area contributed by atoms with Gasteiger partial charge < -0.3 is 9.42 Å². The Bertz CT molecular complexity index is 734. The van der Waals surface area contributed by atoms with Gasteiger partial charge in [0.05, 0.1) is 11.3 Å². The highest BCUT2D eigenvalue weighted by molar-refractivity contribution is 5.88. The van der Waals surface area contributed by atoms with Crippen LogP contribution in [0, 0.1) is 6.92 Å². The Kier molecular flexibility index (Phi) is 4.32. The van der Waals surface area contributed by atoms with Gasteiger partial charge in [0.1, 0.15) is 0 Å². The quantitative estimate of drug-likeness (QED) is 0.857. The van der Waals surface area contributed by atoms with E-state index >= 15 is 0 Å². The maximum atomic E-state index is 13.6. The second kappa shape index (κ2) is 6.62. The van der Waals surface area contributed by atoms with Gasteiger partial charge in [-0.1, -0.05) is 54.8 Å². The minimum Gasteiger partial charge on any atom is -0.341 e. The van der Waals surface area contributed by atoms with Crippen LogP contribution in [0.1, 0.15) is 61.7 Å². The largest absolute Gasteiger partial charge is 0.341 e. The van der Waals surface area contributed by atoms with Crippen LogP contribution < -0.4 is 0 Å². The van der Waals surface area contributed by atoms with Gasteiger partial charge >= 0.3 is 0 Å². The van der Waals surface area contributed by atoms with E-state index in [0.29, 0.717) is 18.3 Å². The van der Waals surface area contributed by atoms with Gasteiger partial charge in [-0.15, -0.1) is 0 Å². The van der Waals surface area contributed by atoms with Gasteiger partial charge in [-0.3, -0.25) is 4.79 Å². The summed E-state index contributed by atoms with van der Waals surface area (Å²) in [6.45, 7) is 3.30. The predicted molar refractivity (Wildman–Crippen MR) is 94.2 cm³/mol. The summed E-state index contributed by atoms with van der Waals surface area (Å²) in [5, 5.41) is 3.89. The molecule has 1 saturated carbocycles. The molecule has 0 N–H and O–H groups in total. The van der Waals surface area contributed by atoms with Crippen LogP contribution >= 0.6 is 0 Å². The molecular weight excluding hydrogens is 314 g/mol. The number of aryl methyl sites for hydroxylation is 1. The second-order valence-corrected chi connectivity index (χ2v) is 7.43. The Morgan fingerprint density at radius 1 is 1.20 bits per heavy atom. The van der Waals surface area contributed by atoms with E-state index in [2.05, 4.69) is 22.3 Å². The average molecular weight is 339 g/mol. The van der Waals surface area contributed by atoms with Crippen molar-refractivity contribution in [1.29, 1.82) is 0 Å². The zero-order valence-electron chi connectivity index (χ0n) is 14.8. The Morgan fingerprint density at radius 3 is 2.64 bits per heavy atom. The molecule has 2 heterocycles. The topological polar surface area (TPSA) is 59.2 Å². The fraction of sp³-hybridized carbons (Fsp3) is 0.550. The van der Waals surface area contributed by atoms with Gasteiger partial charge in [-0.05, 0) is 31.7 Å². The lowest BCUT2D eigenvalue weighted by atomic mass is 9.68. The van der Waals surface area contributed by atoms with Crippen LogP contribution in [0.15, 0.2) is 34.9 Å². The summed E-state index contributed by atoms with van der Waals surface area (Å²) in [4.78, 5) is 20.0. The first-order chi connectivity index (χ1) is 12.2. The molecule has 1 aliphatic heterocycles. The van der Waals surface area contributed by atoms with E-state index in [1.807, 2.05) is 30.0 Å². The monoisotopic (exact) mass is 339 g/mol. The van der Waals surface area contributed by atoms with E-state index in [0.717, 1.165) is 38.6 Å². The van der Waals surface area contributed by atoms with Crippen molar-refractivity contribution in [2.45, 2.75) is 56.8 Å². The van der Waals surface area contributed by atoms with Gasteiger partial charge in [-0.2, -0.15) is 4.98 Å². The van der Waals surface area contributed by atoms with Gasteiger partial charge in [0.2, 0.25) is 11.8 Å². The molecule has 2 aromatic rings. The molecule has 132 valence electrons. The van der Waals surface area contributed by atoms with E-state index in [4.69, 9.17) is 4.52 Å². The summed E-state index contributed by atoms with van der Waals surface area (Å²) in [6, 6.07) is 10.4. The Labute approximate surface area is 148 Å². The summed E-state index contributed by atoms with van der Waals surface area (Å²) < 4.78 is 5.33. The molecule has 5 heteroatoms. The van der Waals surface area contributed by atoms with E-state index < -0.39 is 0 Å². The summed E-state index contributed by atoms with van der Waals surface area (Å²) in [6.07, 6.45) is 6.29. The fourth-order valence-corrected chi connectivity index (χ4v) is 4.47. The molecule has 1 aliphatic carbocycles. The van der Waals surface area contributed by atoms with E-state index in [1.165, 1.54) is 12.0 Å². The van der Waals surface area contributed by atoms with Crippen molar-refractivity contribution in [3.05, 3.63) is 47.6 Å². The van der Waals surface area contributed by atoms with Crippen LogP contribution in [0.2, 0.25) is 0 Å². The smallest absolute Gasteiger partial charge is 0.233 e. The van der Waals surface area contributed by atoms with Crippen molar-refractivity contribution in [3.63, 3.8) is 0 Å². The molecule has 0 bridgehead atoms. The second-order valence-electron chi connectivity index (χ2n) is 7.43. The first-order valence-electron chi connectivity index (χ1n) is 9.34. The summed E-state index contributed by atoms with van der Waals surface area (Å²) in [5.74, 6) is 1.79. The molecule has 1 aromatic heterocycles. The van der Waals surface area contributed by atoms with Crippen LogP contribution in [0.3, 0.4) is 0 Å². The average Bonchev–Trinajstić information content (AvgIpc) is 3.31. The van der Waals surface area contributed by atoms with Crippen LogP contribution in [0.5, 0.6) is 0 Å².